The molecule has 1 fully saturated rings. The van der Waals surface area contributed by atoms with Crippen LogP contribution in [0.1, 0.15) is 36.5 Å². The molecule has 2 heterocycles. The number of aromatic nitrogens is 1. The van der Waals surface area contributed by atoms with E-state index in [0.717, 1.165) is 11.6 Å². The number of rotatable bonds is 3. The molecular formula is C10H17N3S. The van der Waals surface area contributed by atoms with Crippen molar-refractivity contribution in [3.63, 3.8) is 0 Å². The highest BCUT2D eigenvalue weighted by Crippen LogP contribution is 2.18. The predicted octanol–water partition coefficient (Wildman–Crippen LogP) is 1.76. The third-order valence-corrected chi connectivity index (χ3v) is 3.64. The third-order valence-electron chi connectivity index (χ3n) is 2.54. The molecule has 0 radical (unpaired) electrons. The summed E-state index contributed by atoms with van der Waals surface area (Å²) in [6, 6.07) is 0.0762. The van der Waals surface area contributed by atoms with Crippen LogP contribution in [0, 0.1) is 0 Å². The van der Waals surface area contributed by atoms with E-state index in [2.05, 4.69) is 15.3 Å². The standard InChI is InChI=1S/C10H17N3S/c1-8(11)10-12-9(7-14-10)6-13-4-2-3-5-13/h7-8H,2-6,11H2,1H3. The first kappa shape index (κ1) is 10.1. The Kier molecular flexibility index (Phi) is 3.15. The highest BCUT2D eigenvalue weighted by atomic mass is 32.1. The second-order valence-corrected chi connectivity index (χ2v) is 4.84. The molecule has 1 aliphatic heterocycles. The molecule has 1 aliphatic rings. The zero-order valence-electron chi connectivity index (χ0n) is 8.57. The molecular weight excluding hydrogens is 194 g/mol. The fourth-order valence-corrected chi connectivity index (χ4v) is 2.54. The van der Waals surface area contributed by atoms with Crippen molar-refractivity contribution in [2.24, 2.45) is 5.73 Å². The lowest BCUT2D eigenvalue weighted by Crippen LogP contribution is -2.18. The van der Waals surface area contributed by atoms with Crippen molar-refractivity contribution >= 4 is 11.3 Å². The molecule has 1 atom stereocenters. The lowest BCUT2D eigenvalue weighted by Gasteiger charge is -2.11. The zero-order valence-corrected chi connectivity index (χ0v) is 9.39. The van der Waals surface area contributed by atoms with Crippen LogP contribution in [0.5, 0.6) is 0 Å². The first-order valence-corrected chi connectivity index (χ1v) is 6.06. The summed E-state index contributed by atoms with van der Waals surface area (Å²) in [7, 11) is 0. The fourth-order valence-electron chi connectivity index (χ4n) is 1.77. The van der Waals surface area contributed by atoms with Crippen LogP contribution >= 0.6 is 11.3 Å². The van der Waals surface area contributed by atoms with Gasteiger partial charge in [-0.1, -0.05) is 0 Å². The maximum atomic E-state index is 5.77. The Morgan fingerprint density at radius 2 is 2.29 bits per heavy atom. The molecule has 0 bridgehead atoms. The van der Waals surface area contributed by atoms with Gasteiger partial charge in [-0.2, -0.15) is 0 Å². The Balaban J connectivity index is 1.95. The smallest absolute Gasteiger partial charge is 0.109 e. The van der Waals surface area contributed by atoms with E-state index in [-0.39, 0.29) is 6.04 Å². The molecule has 0 aromatic carbocycles. The maximum Gasteiger partial charge on any atom is 0.109 e. The van der Waals surface area contributed by atoms with Gasteiger partial charge < -0.3 is 5.73 Å². The van der Waals surface area contributed by atoms with Crippen molar-refractivity contribution in [1.29, 1.82) is 0 Å². The van der Waals surface area contributed by atoms with Crippen molar-refractivity contribution in [3.8, 4) is 0 Å². The largest absolute Gasteiger partial charge is 0.322 e. The minimum atomic E-state index is 0.0762. The molecule has 14 heavy (non-hydrogen) atoms. The van der Waals surface area contributed by atoms with Crippen LogP contribution in [0.2, 0.25) is 0 Å². The second-order valence-electron chi connectivity index (χ2n) is 3.95. The van der Waals surface area contributed by atoms with E-state index in [1.807, 2.05) is 6.92 Å². The molecule has 0 spiro atoms. The molecule has 1 unspecified atom stereocenters. The number of nitrogens with zero attached hydrogens (tertiary/aromatic N) is 2. The van der Waals surface area contributed by atoms with Gasteiger partial charge in [-0.15, -0.1) is 11.3 Å². The molecule has 2 N–H and O–H groups in total. The van der Waals surface area contributed by atoms with Gasteiger partial charge in [0.05, 0.1) is 11.7 Å². The molecule has 78 valence electrons. The zero-order chi connectivity index (χ0) is 9.97. The number of nitrogens with two attached hydrogens (primary N) is 1. The summed E-state index contributed by atoms with van der Waals surface area (Å²) in [4.78, 5) is 6.98. The minimum Gasteiger partial charge on any atom is -0.322 e. The summed E-state index contributed by atoms with van der Waals surface area (Å²) in [5, 5.41) is 3.19. The third kappa shape index (κ3) is 2.32. The van der Waals surface area contributed by atoms with Gasteiger partial charge in [-0.05, 0) is 32.9 Å². The van der Waals surface area contributed by atoms with Gasteiger partial charge in [0.2, 0.25) is 0 Å². The summed E-state index contributed by atoms with van der Waals surface area (Å²) in [5.41, 5.74) is 6.95. The van der Waals surface area contributed by atoms with Crippen LogP contribution in [-0.2, 0) is 6.54 Å². The van der Waals surface area contributed by atoms with Gasteiger partial charge in [0, 0.05) is 11.9 Å². The average Bonchev–Trinajstić information content (AvgIpc) is 2.75. The van der Waals surface area contributed by atoms with Crippen molar-refractivity contribution in [2.45, 2.75) is 32.4 Å². The Bertz CT molecular complexity index is 289. The van der Waals surface area contributed by atoms with Crippen LogP contribution in [0.4, 0.5) is 0 Å². The van der Waals surface area contributed by atoms with Gasteiger partial charge in [0.1, 0.15) is 5.01 Å². The van der Waals surface area contributed by atoms with E-state index in [4.69, 9.17) is 5.73 Å². The summed E-state index contributed by atoms with van der Waals surface area (Å²) < 4.78 is 0. The monoisotopic (exact) mass is 211 g/mol. The van der Waals surface area contributed by atoms with Crippen molar-refractivity contribution in [1.82, 2.24) is 9.88 Å². The molecule has 3 nitrogen and oxygen atoms in total. The van der Waals surface area contributed by atoms with Crippen molar-refractivity contribution in [3.05, 3.63) is 16.1 Å². The molecule has 1 aromatic heterocycles. The number of thiazole rings is 1. The summed E-state index contributed by atoms with van der Waals surface area (Å²) in [6.07, 6.45) is 2.68. The minimum absolute atomic E-state index is 0.0762. The number of hydrogen-bond donors (Lipinski definition) is 1. The van der Waals surface area contributed by atoms with Gasteiger partial charge >= 0.3 is 0 Å². The number of likely N-dealkylation sites (tertiary alicyclic amines) is 1. The average molecular weight is 211 g/mol. The highest BCUT2D eigenvalue weighted by Gasteiger charge is 2.14. The lowest BCUT2D eigenvalue weighted by atomic mass is 10.4. The van der Waals surface area contributed by atoms with E-state index in [9.17, 15) is 0 Å². The van der Waals surface area contributed by atoms with E-state index >= 15 is 0 Å². The molecule has 1 saturated heterocycles. The molecule has 2 rings (SSSR count). The fraction of sp³-hybridized carbons (Fsp3) is 0.700. The van der Waals surface area contributed by atoms with Crippen molar-refractivity contribution < 1.29 is 0 Å². The van der Waals surface area contributed by atoms with Crippen LogP contribution in [-0.4, -0.2) is 23.0 Å². The van der Waals surface area contributed by atoms with E-state index in [1.54, 1.807) is 11.3 Å². The van der Waals surface area contributed by atoms with Crippen LogP contribution in [0.25, 0.3) is 0 Å². The quantitative estimate of drug-likeness (QED) is 0.828. The van der Waals surface area contributed by atoms with Gasteiger partial charge in [0.25, 0.3) is 0 Å². The lowest BCUT2D eigenvalue weighted by molar-refractivity contribution is 0.327. The van der Waals surface area contributed by atoms with Crippen LogP contribution < -0.4 is 5.73 Å². The maximum absolute atomic E-state index is 5.77. The summed E-state index contributed by atoms with van der Waals surface area (Å²) in [5.74, 6) is 0. The summed E-state index contributed by atoms with van der Waals surface area (Å²) >= 11 is 1.68. The Morgan fingerprint density at radius 3 is 2.86 bits per heavy atom. The Hall–Kier alpha value is -0.450. The molecule has 0 aliphatic carbocycles. The predicted molar refractivity (Wildman–Crippen MR) is 59.2 cm³/mol. The summed E-state index contributed by atoms with van der Waals surface area (Å²) in [6.45, 7) is 5.44. The number of hydrogen-bond acceptors (Lipinski definition) is 4. The Morgan fingerprint density at radius 1 is 1.57 bits per heavy atom. The molecule has 4 heteroatoms. The van der Waals surface area contributed by atoms with E-state index in [1.165, 1.54) is 31.6 Å². The first-order chi connectivity index (χ1) is 6.75. The van der Waals surface area contributed by atoms with Gasteiger partial charge in [-0.25, -0.2) is 4.98 Å². The SMILES string of the molecule is CC(N)c1nc(CN2CCCC2)cs1. The van der Waals surface area contributed by atoms with Crippen LogP contribution in [0.3, 0.4) is 0 Å². The topological polar surface area (TPSA) is 42.1 Å². The van der Waals surface area contributed by atoms with Crippen molar-refractivity contribution in [2.75, 3.05) is 13.1 Å². The van der Waals surface area contributed by atoms with Crippen LogP contribution in [0.15, 0.2) is 5.38 Å². The normalized spacial score (nSPS) is 20.1. The van der Waals surface area contributed by atoms with E-state index < -0.39 is 0 Å². The van der Waals surface area contributed by atoms with Gasteiger partial charge in [-0.3, -0.25) is 4.90 Å². The first-order valence-electron chi connectivity index (χ1n) is 5.18. The second kappa shape index (κ2) is 4.38. The van der Waals surface area contributed by atoms with Gasteiger partial charge in [0.15, 0.2) is 0 Å². The highest BCUT2D eigenvalue weighted by molar-refractivity contribution is 7.09. The molecule has 1 aromatic rings. The Labute approximate surface area is 88.9 Å². The van der Waals surface area contributed by atoms with E-state index in [0.29, 0.717) is 0 Å². The molecule has 0 amide bonds. The molecule has 0 saturated carbocycles.